The molecule has 3 aromatic rings. The number of carbonyl (C=O) groups is 1. The van der Waals surface area contributed by atoms with Crippen molar-refractivity contribution in [2.45, 2.75) is 0 Å². The average Bonchev–Trinajstić information content (AvgIpc) is 2.48. The number of fused-ring (bicyclic) bond motifs is 1. The minimum absolute atomic E-state index is 0.552. The first kappa shape index (κ1) is 11.5. The minimum atomic E-state index is 0.552. The van der Waals surface area contributed by atoms with Crippen LogP contribution in [0, 0.1) is 0 Å². The first-order chi connectivity index (χ1) is 9.36. The molecule has 0 fully saturated rings. The summed E-state index contributed by atoms with van der Waals surface area (Å²) >= 11 is 0. The summed E-state index contributed by atoms with van der Waals surface area (Å²) in [5.74, 6) is 1.31. The summed E-state index contributed by atoms with van der Waals surface area (Å²) in [6.45, 7) is 0. The van der Waals surface area contributed by atoms with Crippen LogP contribution in [-0.4, -0.2) is 6.29 Å². The second kappa shape index (κ2) is 4.94. The number of para-hydroxylation sites is 1. The third-order valence-corrected chi connectivity index (χ3v) is 2.99. The van der Waals surface area contributed by atoms with Gasteiger partial charge in [0.1, 0.15) is 11.5 Å². The molecule has 0 saturated heterocycles. The van der Waals surface area contributed by atoms with Gasteiger partial charge in [0.05, 0.1) is 5.56 Å². The quantitative estimate of drug-likeness (QED) is 0.640. The first-order valence-electron chi connectivity index (χ1n) is 6.08. The van der Waals surface area contributed by atoms with Gasteiger partial charge in [-0.3, -0.25) is 4.79 Å². The Morgan fingerprint density at radius 1 is 0.789 bits per heavy atom. The molecule has 0 amide bonds. The molecule has 0 heterocycles. The fraction of sp³-hybridized carbons (Fsp3) is 0. The highest BCUT2D eigenvalue weighted by atomic mass is 16.5. The van der Waals surface area contributed by atoms with E-state index >= 15 is 0 Å². The SMILES string of the molecule is O=Cc1ccccc1Oc1ccc2ccccc2c1. The van der Waals surface area contributed by atoms with Crippen LogP contribution < -0.4 is 4.74 Å². The molecule has 0 atom stereocenters. The van der Waals surface area contributed by atoms with Gasteiger partial charge in [-0.05, 0) is 35.0 Å². The molecule has 0 aliphatic carbocycles. The van der Waals surface area contributed by atoms with Crippen LogP contribution in [-0.2, 0) is 0 Å². The maximum atomic E-state index is 10.9. The van der Waals surface area contributed by atoms with Gasteiger partial charge in [0, 0.05) is 0 Å². The van der Waals surface area contributed by atoms with E-state index in [1.807, 2.05) is 48.5 Å². The monoisotopic (exact) mass is 248 g/mol. The standard InChI is InChI=1S/C17H12O2/c18-12-15-7-3-4-8-17(15)19-16-10-9-13-5-1-2-6-14(13)11-16/h1-12H. The van der Waals surface area contributed by atoms with Crippen molar-refractivity contribution in [2.75, 3.05) is 0 Å². The fourth-order valence-corrected chi connectivity index (χ4v) is 2.03. The lowest BCUT2D eigenvalue weighted by Crippen LogP contribution is -1.89. The Morgan fingerprint density at radius 2 is 1.53 bits per heavy atom. The summed E-state index contributed by atoms with van der Waals surface area (Å²) in [4.78, 5) is 10.9. The third kappa shape index (κ3) is 2.33. The Morgan fingerprint density at radius 3 is 2.37 bits per heavy atom. The lowest BCUT2D eigenvalue weighted by atomic mass is 10.1. The average molecular weight is 248 g/mol. The number of hydrogen-bond acceptors (Lipinski definition) is 2. The van der Waals surface area contributed by atoms with E-state index in [2.05, 4.69) is 6.07 Å². The molecule has 0 aliphatic rings. The highest BCUT2D eigenvalue weighted by molar-refractivity contribution is 5.84. The summed E-state index contributed by atoms with van der Waals surface area (Å²) < 4.78 is 5.78. The predicted octanol–water partition coefficient (Wildman–Crippen LogP) is 4.44. The van der Waals surface area contributed by atoms with E-state index < -0.39 is 0 Å². The molecule has 0 spiro atoms. The molecule has 3 aromatic carbocycles. The van der Waals surface area contributed by atoms with E-state index in [9.17, 15) is 4.79 Å². The highest BCUT2D eigenvalue weighted by Gasteiger charge is 2.03. The molecule has 0 bridgehead atoms. The lowest BCUT2D eigenvalue weighted by Gasteiger charge is -2.08. The van der Waals surface area contributed by atoms with Crippen molar-refractivity contribution in [1.82, 2.24) is 0 Å². The maximum Gasteiger partial charge on any atom is 0.153 e. The minimum Gasteiger partial charge on any atom is -0.457 e. The zero-order valence-corrected chi connectivity index (χ0v) is 10.2. The molecule has 0 aliphatic heterocycles. The van der Waals surface area contributed by atoms with E-state index in [-0.39, 0.29) is 0 Å². The molecule has 0 saturated carbocycles. The summed E-state index contributed by atoms with van der Waals surface area (Å²) in [5, 5.41) is 2.28. The molecule has 0 unspecified atom stereocenters. The Bertz CT molecular complexity index is 732. The Kier molecular flexibility index (Phi) is 2.99. The van der Waals surface area contributed by atoms with Crippen LogP contribution in [0.1, 0.15) is 10.4 Å². The van der Waals surface area contributed by atoms with Crippen molar-refractivity contribution in [1.29, 1.82) is 0 Å². The molecular formula is C17H12O2. The van der Waals surface area contributed by atoms with Gasteiger partial charge in [0.2, 0.25) is 0 Å². The van der Waals surface area contributed by atoms with Gasteiger partial charge < -0.3 is 4.74 Å². The van der Waals surface area contributed by atoms with E-state index in [1.165, 1.54) is 5.39 Å². The number of hydrogen-bond donors (Lipinski definition) is 0. The molecule has 2 nitrogen and oxygen atoms in total. The normalized spacial score (nSPS) is 10.3. The van der Waals surface area contributed by atoms with Crippen molar-refractivity contribution in [3.8, 4) is 11.5 Å². The molecule has 2 heteroatoms. The second-order valence-electron chi connectivity index (χ2n) is 4.27. The number of carbonyl (C=O) groups excluding carboxylic acids is 1. The van der Waals surface area contributed by atoms with Crippen molar-refractivity contribution in [2.24, 2.45) is 0 Å². The van der Waals surface area contributed by atoms with Gasteiger partial charge >= 0.3 is 0 Å². The summed E-state index contributed by atoms with van der Waals surface area (Å²) in [5.41, 5.74) is 0.552. The van der Waals surface area contributed by atoms with Crippen molar-refractivity contribution in [3.63, 3.8) is 0 Å². The largest absolute Gasteiger partial charge is 0.457 e. The lowest BCUT2D eigenvalue weighted by molar-refractivity contribution is 0.112. The number of ether oxygens (including phenoxy) is 1. The fourth-order valence-electron chi connectivity index (χ4n) is 2.03. The molecule has 19 heavy (non-hydrogen) atoms. The molecule has 0 radical (unpaired) electrons. The Balaban J connectivity index is 1.99. The van der Waals surface area contributed by atoms with Crippen molar-refractivity contribution < 1.29 is 9.53 Å². The predicted molar refractivity (Wildman–Crippen MR) is 75.9 cm³/mol. The van der Waals surface area contributed by atoms with Gasteiger partial charge in [-0.15, -0.1) is 0 Å². The summed E-state index contributed by atoms with van der Waals surface area (Å²) in [6, 6.07) is 21.2. The van der Waals surface area contributed by atoms with Gasteiger partial charge in [0.15, 0.2) is 6.29 Å². The molecule has 3 rings (SSSR count). The van der Waals surface area contributed by atoms with Gasteiger partial charge in [0.25, 0.3) is 0 Å². The van der Waals surface area contributed by atoms with Gasteiger partial charge in [-0.2, -0.15) is 0 Å². The van der Waals surface area contributed by atoms with Crippen LogP contribution in [0.25, 0.3) is 10.8 Å². The Labute approximate surface area is 111 Å². The third-order valence-electron chi connectivity index (χ3n) is 2.99. The second-order valence-corrected chi connectivity index (χ2v) is 4.27. The van der Waals surface area contributed by atoms with Crippen LogP contribution in [0.3, 0.4) is 0 Å². The molecule has 0 aromatic heterocycles. The van der Waals surface area contributed by atoms with Gasteiger partial charge in [-0.1, -0.05) is 42.5 Å². The maximum absolute atomic E-state index is 10.9. The van der Waals surface area contributed by atoms with Gasteiger partial charge in [-0.25, -0.2) is 0 Å². The summed E-state index contributed by atoms with van der Waals surface area (Å²) in [7, 11) is 0. The van der Waals surface area contributed by atoms with Crippen molar-refractivity contribution in [3.05, 3.63) is 72.3 Å². The van der Waals surface area contributed by atoms with E-state index in [1.54, 1.807) is 12.1 Å². The van der Waals surface area contributed by atoms with Crippen LogP contribution in [0.15, 0.2) is 66.7 Å². The zero-order chi connectivity index (χ0) is 13.1. The number of aldehydes is 1. The molecular weight excluding hydrogens is 236 g/mol. The van der Waals surface area contributed by atoms with Crippen LogP contribution in [0.2, 0.25) is 0 Å². The first-order valence-corrected chi connectivity index (χ1v) is 6.08. The number of benzene rings is 3. The molecule has 92 valence electrons. The van der Waals surface area contributed by atoms with Crippen LogP contribution in [0.4, 0.5) is 0 Å². The topological polar surface area (TPSA) is 26.3 Å². The zero-order valence-electron chi connectivity index (χ0n) is 10.2. The van der Waals surface area contributed by atoms with Crippen molar-refractivity contribution >= 4 is 17.1 Å². The van der Waals surface area contributed by atoms with Crippen LogP contribution in [0.5, 0.6) is 11.5 Å². The van der Waals surface area contributed by atoms with E-state index in [4.69, 9.17) is 4.74 Å². The highest BCUT2D eigenvalue weighted by Crippen LogP contribution is 2.27. The molecule has 0 N–H and O–H groups in total. The van der Waals surface area contributed by atoms with E-state index in [0.29, 0.717) is 11.3 Å². The summed E-state index contributed by atoms with van der Waals surface area (Å²) in [6.07, 6.45) is 0.802. The smallest absolute Gasteiger partial charge is 0.153 e. The number of rotatable bonds is 3. The van der Waals surface area contributed by atoms with E-state index in [0.717, 1.165) is 17.4 Å². The van der Waals surface area contributed by atoms with Crippen LogP contribution >= 0.6 is 0 Å². The Hall–Kier alpha value is -2.61.